The van der Waals surface area contributed by atoms with E-state index in [0.717, 1.165) is 16.1 Å². The second kappa shape index (κ2) is 7.97. The minimum absolute atomic E-state index is 0.0226. The molecular formula is C18H23N3O2S. The Morgan fingerprint density at radius 2 is 2.00 bits per heavy atom. The number of anilines is 1. The third-order valence-corrected chi connectivity index (χ3v) is 4.94. The summed E-state index contributed by atoms with van der Waals surface area (Å²) in [7, 11) is 1.79. The van der Waals surface area contributed by atoms with Crippen molar-refractivity contribution in [2.75, 3.05) is 12.4 Å². The highest BCUT2D eigenvalue weighted by atomic mass is 32.1. The minimum Gasteiger partial charge on any atom is -0.334 e. The van der Waals surface area contributed by atoms with E-state index in [4.69, 9.17) is 0 Å². The lowest BCUT2D eigenvalue weighted by molar-refractivity contribution is -0.114. The van der Waals surface area contributed by atoms with Crippen molar-refractivity contribution in [2.45, 2.75) is 33.4 Å². The van der Waals surface area contributed by atoms with Crippen LogP contribution in [0.2, 0.25) is 0 Å². The van der Waals surface area contributed by atoms with Gasteiger partial charge in [0.25, 0.3) is 0 Å². The minimum atomic E-state index is -0.126. The molecule has 0 saturated carbocycles. The third-order valence-electron chi connectivity index (χ3n) is 3.77. The Hall–Kier alpha value is -2.34. The molecule has 1 unspecified atom stereocenters. The number of urea groups is 1. The molecule has 2 rings (SSSR count). The second-order valence-electron chi connectivity index (χ2n) is 5.78. The Balaban J connectivity index is 1.93. The number of rotatable bonds is 5. The number of carbonyl (C=O) groups excluding carboxylic acids is 2. The first kappa shape index (κ1) is 18.0. The van der Waals surface area contributed by atoms with E-state index < -0.39 is 0 Å². The summed E-state index contributed by atoms with van der Waals surface area (Å²) in [5.74, 6) is -0.115. The molecule has 0 radical (unpaired) electrons. The van der Waals surface area contributed by atoms with Crippen LogP contribution in [0.15, 0.2) is 36.4 Å². The van der Waals surface area contributed by atoms with E-state index in [2.05, 4.69) is 29.7 Å². The van der Waals surface area contributed by atoms with Crippen LogP contribution in [0.4, 0.5) is 10.5 Å². The quantitative estimate of drug-likeness (QED) is 0.863. The summed E-state index contributed by atoms with van der Waals surface area (Å²) in [5.41, 5.74) is 1.66. The molecule has 0 saturated heterocycles. The highest BCUT2D eigenvalue weighted by Crippen LogP contribution is 2.26. The van der Waals surface area contributed by atoms with Crippen LogP contribution in [-0.2, 0) is 11.3 Å². The molecule has 0 aliphatic carbocycles. The Labute approximate surface area is 146 Å². The monoisotopic (exact) mass is 345 g/mol. The molecule has 1 heterocycles. The lowest BCUT2D eigenvalue weighted by Crippen LogP contribution is -2.38. The van der Waals surface area contributed by atoms with Gasteiger partial charge in [-0.15, -0.1) is 11.3 Å². The van der Waals surface area contributed by atoms with Gasteiger partial charge >= 0.3 is 6.03 Å². The van der Waals surface area contributed by atoms with E-state index in [9.17, 15) is 9.59 Å². The van der Waals surface area contributed by atoms with Gasteiger partial charge in [0.05, 0.1) is 6.04 Å². The topological polar surface area (TPSA) is 61.4 Å². The number of amides is 3. The summed E-state index contributed by atoms with van der Waals surface area (Å²) in [4.78, 5) is 27.6. The number of carbonyl (C=O) groups is 2. The summed E-state index contributed by atoms with van der Waals surface area (Å²) in [6, 6.07) is 11.5. The Kier molecular flexibility index (Phi) is 5.98. The van der Waals surface area contributed by atoms with Crippen LogP contribution in [-0.4, -0.2) is 23.9 Å². The van der Waals surface area contributed by atoms with Crippen molar-refractivity contribution < 1.29 is 9.59 Å². The molecule has 0 spiro atoms. The molecule has 0 aliphatic rings. The average molecular weight is 345 g/mol. The van der Waals surface area contributed by atoms with Gasteiger partial charge in [-0.1, -0.05) is 12.1 Å². The van der Waals surface area contributed by atoms with E-state index in [1.165, 1.54) is 11.8 Å². The fourth-order valence-corrected chi connectivity index (χ4v) is 3.28. The summed E-state index contributed by atoms with van der Waals surface area (Å²) in [6.45, 7) is 5.95. The second-order valence-corrected chi connectivity index (χ2v) is 7.10. The Bertz CT molecular complexity index is 727. The normalized spacial score (nSPS) is 11.7. The van der Waals surface area contributed by atoms with Gasteiger partial charge in [0.15, 0.2) is 0 Å². The van der Waals surface area contributed by atoms with Crippen LogP contribution in [0.25, 0.3) is 0 Å². The molecule has 6 heteroatoms. The molecule has 0 fully saturated rings. The molecule has 1 atom stereocenters. The fourth-order valence-electron chi connectivity index (χ4n) is 2.31. The molecule has 2 aromatic rings. The maximum atomic E-state index is 12.4. The van der Waals surface area contributed by atoms with Crippen molar-refractivity contribution in [3.63, 3.8) is 0 Å². The van der Waals surface area contributed by atoms with Crippen LogP contribution in [0.3, 0.4) is 0 Å². The van der Waals surface area contributed by atoms with E-state index in [1.54, 1.807) is 23.3 Å². The maximum Gasteiger partial charge on any atom is 0.317 e. The summed E-state index contributed by atoms with van der Waals surface area (Å²) in [6.07, 6.45) is 0. The average Bonchev–Trinajstić information content (AvgIpc) is 2.97. The number of benzene rings is 1. The van der Waals surface area contributed by atoms with Gasteiger partial charge in [0.2, 0.25) is 5.91 Å². The molecule has 1 aromatic carbocycles. The molecule has 128 valence electrons. The van der Waals surface area contributed by atoms with Crippen LogP contribution in [0.1, 0.15) is 35.2 Å². The zero-order valence-corrected chi connectivity index (χ0v) is 15.2. The standard InChI is InChI=1S/C18H23N3O2S/c1-12-8-9-17(24-12)13(2)21(4)18(23)19-11-15-6-5-7-16(10-15)20-14(3)22/h5-10,13H,11H2,1-4H3,(H,19,23)(H,20,22). The van der Waals surface area contributed by atoms with Gasteiger partial charge in [-0.05, 0) is 43.7 Å². The largest absolute Gasteiger partial charge is 0.334 e. The first-order valence-electron chi connectivity index (χ1n) is 7.80. The molecule has 2 N–H and O–H groups in total. The van der Waals surface area contributed by atoms with Crippen LogP contribution >= 0.6 is 11.3 Å². The van der Waals surface area contributed by atoms with E-state index in [-0.39, 0.29) is 18.0 Å². The number of hydrogen-bond donors (Lipinski definition) is 2. The van der Waals surface area contributed by atoms with E-state index in [0.29, 0.717) is 6.54 Å². The maximum absolute atomic E-state index is 12.4. The number of aryl methyl sites for hydroxylation is 1. The van der Waals surface area contributed by atoms with Crippen molar-refractivity contribution >= 4 is 29.0 Å². The zero-order chi connectivity index (χ0) is 17.7. The third kappa shape index (κ3) is 4.83. The zero-order valence-electron chi connectivity index (χ0n) is 14.4. The Morgan fingerprint density at radius 3 is 2.62 bits per heavy atom. The van der Waals surface area contributed by atoms with Crippen molar-refractivity contribution in [3.8, 4) is 0 Å². The highest BCUT2D eigenvalue weighted by Gasteiger charge is 2.18. The summed E-state index contributed by atoms with van der Waals surface area (Å²) in [5, 5.41) is 5.65. The van der Waals surface area contributed by atoms with Gasteiger partial charge in [0, 0.05) is 36.0 Å². The van der Waals surface area contributed by atoms with Gasteiger partial charge in [-0.2, -0.15) is 0 Å². The SMILES string of the molecule is CC(=O)Nc1cccc(CNC(=O)N(C)C(C)c2ccc(C)s2)c1. The van der Waals surface area contributed by atoms with Crippen molar-refractivity contribution in [1.82, 2.24) is 10.2 Å². The van der Waals surface area contributed by atoms with E-state index in [1.807, 2.05) is 31.2 Å². The van der Waals surface area contributed by atoms with E-state index >= 15 is 0 Å². The Morgan fingerprint density at radius 1 is 1.25 bits per heavy atom. The number of hydrogen-bond acceptors (Lipinski definition) is 3. The molecule has 0 bridgehead atoms. The number of thiophene rings is 1. The molecule has 3 amide bonds. The number of nitrogens with zero attached hydrogens (tertiary/aromatic N) is 1. The van der Waals surface area contributed by atoms with Gasteiger partial charge in [-0.3, -0.25) is 4.79 Å². The van der Waals surface area contributed by atoms with Crippen LogP contribution in [0.5, 0.6) is 0 Å². The van der Waals surface area contributed by atoms with Crippen LogP contribution < -0.4 is 10.6 Å². The first-order chi connectivity index (χ1) is 11.4. The molecule has 5 nitrogen and oxygen atoms in total. The predicted molar refractivity (Wildman–Crippen MR) is 98.2 cm³/mol. The van der Waals surface area contributed by atoms with Crippen LogP contribution in [0, 0.1) is 6.92 Å². The molecule has 24 heavy (non-hydrogen) atoms. The summed E-state index contributed by atoms with van der Waals surface area (Å²) < 4.78 is 0. The predicted octanol–water partition coefficient (Wildman–Crippen LogP) is 3.92. The van der Waals surface area contributed by atoms with Crippen molar-refractivity contribution in [1.29, 1.82) is 0 Å². The van der Waals surface area contributed by atoms with Gasteiger partial charge < -0.3 is 15.5 Å². The molecule has 1 aromatic heterocycles. The lowest BCUT2D eigenvalue weighted by Gasteiger charge is -2.24. The van der Waals surface area contributed by atoms with Crippen molar-refractivity contribution in [3.05, 3.63) is 51.7 Å². The first-order valence-corrected chi connectivity index (χ1v) is 8.62. The lowest BCUT2D eigenvalue weighted by atomic mass is 10.2. The van der Waals surface area contributed by atoms with Crippen molar-refractivity contribution in [2.24, 2.45) is 0 Å². The highest BCUT2D eigenvalue weighted by molar-refractivity contribution is 7.12. The molecule has 0 aliphatic heterocycles. The van der Waals surface area contributed by atoms with Gasteiger partial charge in [0.1, 0.15) is 0 Å². The number of nitrogens with one attached hydrogen (secondary N) is 2. The molecular weight excluding hydrogens is 322 g/mol. The smallest absolute Gasteiger partial charge is 0.317 e. The summed E-state index contributed by atoms with van der Waals surface area (Å²) >= 11 is 1.70. The fraction of sp³-hybridized carbons (Fsp3) is 0.333. The van der Waals surface area contributed by atoms with Gasteiger partial charge in [-0.25, -0.2) is 4.79 Å².